The van der Waals surface area contributed by atoms with Gasteiger partial charge in [-0.15, -0.1) is 10.2 Å². The highest BCUT2D eigenvalue weighted by molar-refractivity contribution is 7.86. The second kappa shape index (κ2) is 11.6. The van der Waals surface area contributed by atoms with E-state index >= 15 is 0 Å². The molecule has 0 aliphatic carbocycles. The summed E-state index contributed by atoms with van der Waals surface area (Å²) in [6.07, 6.45) is 0.280. The van der Waals surface area contributed by atoms with Crippen molar-refractivity contribution in [2.24, 2.45) is 15.3 Å². The van der Waals surface area contributed by atoms with E-state index in [0.717, 1.165) is 0 Å². The maximum absolute atomic E-state index is 11.1. The summed E-state index contributed by atoms with van der Waals surface area (Å²) in [6.45, 7) is 0.159. The van der Waals surface area contributed by atoms with Gasteiger partial charge >= 0.3 is 0 Å². The number of hydrogen-bond acceptors (Lipinski definition) is 7. The van der Waals surface area contributed by atoms with Crippen molar-refractivity contribution in [3.63, 3.8) is 0 Å². The second-order valence-corrected chi connectivity index (χ2v) is 9.68. The van der Waals surface area contributed by atoms with E-state index in [4.69, 9.17) is 9.11 Å². The maximum atomic E-state index is 11.1. The molecule has 0 bridgehead atoms. The summed E-state index contributed by atoms with van der Waals surface area (Å²) in [5.41, 5.74) is 1.22. The Balaban J connectivity index is 2.28. The molecule has 0 saturated carbocycles. The van der Waals surface area contributed by atoms with Gasteiger partial charge in [0, 0.05) is 13.0 Å². The molecule has 0 aliphatic rings. The van der Waals surface area contributed by atoms with E-state index in [9.17, 15) is 16.8 Å². The highest BCUT2D eigenvalue weighted by atomic mass is 32.2. The summed E-state index contributed by atoms with van der Waals surface area (Å²) < 4.78 is 62.2. The Morgan fingerprint density at radius 1 is 0.806 bits per heavy atom. The summed E-state index contributed by atoms with van der Waals surface area (Å²) >= 11 is 0. The monoisotopic (exact) mass is 468 g/mol. The lowest BCUT2D eigenvalue weighted by Crippen LogP contribution is -2.22. The molecule has 2 rings (SSSR count). The van der Waals surface area contributed by atoms with Crippen LogP contribution in [0.3, 0.4) is 0 Å². The van der Waals surface area contributed by atoms with Crippen molar-refractivity contribution in [1.82, 2.24) is 0 Å². The molecule has 0 aromatic heterocycles. The standard InChI is InChI=1S/C19H24N4O6S2/c24-30(25,26)15-7-13-19(21-20-17-9-3-1-4-10-17)22-23(14-8-16-31(27,28)29)18-11-5-2-6-12-18/h1-6,9-12H,7-8,13-16H2,(H,24,25,26)(H,27,28,29). The molecule has 0 spiro atoms. The lowest BCUT2D eigenvalue weighted by molar-refractivity contribution is 0.479. The van der Waals surface area contributed by atoms with Gasteiger partial charge in [0.1, 0.15) is 0 Å². The van der Waals surface area contributed by atoms with Crippen LogP contribution in [0.5, 0.6) is 0 Å². The number of benzene rings is 2. The molecule has 0 unspecified atom stereocenters. The van der Waals surface area contributed by atoms with Crippen molar-refractivity contribution in [2.75, 3.05) is 23.1 Å². The minimum atomic E-state index is -4.13. The highest BCUT2D eigenvalue weighted by Crippen LogP contribution is 2.17. The second-order valence-electron chi connectivity index (χ2n) is 6.54. The Labute approximate surface area is 181 Å². The van der Waals surface area contributed by atoms with Gasteiger partial charge in [0.15, 0.2) is 5.84 Å². The largest absolute Gasteiger partial charge is 0.286 e. The van der Waals surface area contributed by atoms with Crippen LogP contribution in [0, 0.1) is 0 Å². The smallest absolute Gasteiger partial charge is 0.264 e. The molecule has 0 atom stereocenters. The summed E-state index contributed by atoms with van der Waals surface area (Å²) in [5.74, 6) is -0.695. The van der Waals surface area contributed by atoms with Crippen LogP contribution in [0.2, 0.25) is 0 Å². The molecule has 0 aliphatic heterocycles. The zero-order valence-electron chi connectivity index (χ0n) is 16.6. The van der Waals surface area contributed by atoms with E-state index in [-0.39, 0.29) is 31.6 Å². The predicted octanol–water partition coefficient (Wildman–Crippen LogP) is 3.54. The Kier molecular flexibility index (Phi) is 9.24. The van der Waals surface area contributed by atoms with Crippen LogP contribution in [-0.4, -0.2) is 49.8 Å². The van der Waals surface area contributed by atoms with Gasteiger partial charge in [-0.2, -0.15) is 21.9 Å². The Morgan fingerprint density at radius 2 is 1.35 bits per heavy atom. The SMILES string of the molecule is O=S(=O)(O)CCCC(N=Nc1ccccc1)=NN(CCCS(=O)(=O)O)c1ccccc1. The molecule has 10 nitrogen and oxygen atoms in total. The molecule has 12 heteroatoms. The van der Waals surface area contributed by atoms with Crippen molar-refractivity contribution in [1.29, 1.82) is 0 Å². The Hall–Kier alpha value is -2.67. The van der Waals surface area contributed by atoms with Crippen molar-refractivity contribution in [2.45, 2.75) is 19.3 Å². The first kappa shape index (κ1) is 24.6. The zero-order valence-corrected chi connectivity index (χ0v) is 18.3. The molecule has 0 radical (unpaired) electrons. The van der Waals surface area contributed by atoms with E-state index in [1.165, 1.54) is 5.01 Å². The molecule has 0 fully saturated rings. The fourth-order valence-corrected chi connectivity index (χ4v) is 3.52. The third-order valence-corrected chi connectivity index (χ3v) is 5.51. The normalized spacial score (nSPS) is 12.9. The first-order valence-electron chi connectivity index (χ1n) is 9.39. The average molecular weight is 469 g/mol. The summed E-state index contributed by atoms with van der Waals surface area (Å²) in [7, 11) is -8.25. The van der Waals surface area contributed by atoms with Gasteiger partial charge in [0.05, 0.1) is 22.9 Å². The van der Waals surface area contributed by atoms with Crippen molar-refractivity contribution in [3.8, 4) is 0 Å². The first-order valence-corrected chi connectivity index (χ1v) is 12.6. The van der Waals surface area contributed by atoms with Crippen molar-refractivity contribution in [3.05, 3.63) is 60.7 Å². The van der Waals surface area contributed by atoms with Gasteiger partial charge < -0.3 is 0 Å². The number of azo groups is 1. The topological polar surface area (TPSA) is 149 Å². The highest BCUT2D eigenvalue weighted by Gasteiger charge is 2.12. The molecule has 168 valence electrons. The molecule has 2 N–H and O–H groups in total. The lowest BCUT2D eigenvalue weighted by Gasteiger charge is -2.19. The van der Waals surface area contributed by atoms with E-state index in [2.05, 4.69) is 15.3 Å². The molecule has 0 saturated heterocycles. The maximum Gasteiger partial charge on any atom is 0.264 e. The van der Waals surface area contributed by atoms with E-state index in [1.807, 2.05) is 12.1 Å². The van der Waals surface area contributed by atoms with Gasteiger partial charge in [-0.1, -0.05) is 36.4 Å². The third-order valence-electron chi connectivity index (χ3n) is 3.90. The number of nitrogens with zero attached hydrogens (tertiary/aromatic N) is 4. The molecular weight excluding hydrogens is 444 g/mol. The van der Waals surface area contributed by atoms with E-state index in [1.54, 1.807) is 48.5 Å². The number of para-hydroxylation sites is 1. The Morgan fingerprint density at radius 3 is 1.94 bits per heavy atom. The molecule has 0 heterocycles. The van der Waals surface area contributed by atoms with Crippen molar-refractivity contribution < 1.29 is 25.9 Å². The number of anilines is 1. The van der Waals surface area contributed by atoms with E-state index < -0.39 is 31.7 Å². The number of rotatable bonds is 11. The molecular formula is C19H24N4O6S2. The van der Waals surface area contributed by atoms with Gasteiger partial charge in [-0.25, -0.2) is 0 Å². The minimum absolute atomic E-state index is 0.0686. The zero-order chi connectivity index (χ0) is 22.7. The van der Waals surface area contributed by atoms with Crippen LogP contribution in [0.15, 0.2) is 76.0 Å². The quantitative estimate of drug-likeness (QED) is 0.168. The average Bonchev–Trinajstić information content (AvgIpc) is 2.70. The molecule has 2 aromatic carbocycles. The number of amidine groups is 1. The molecule has 2 aromatic rings. The number of hydrogen-bond donors (Lipinski definition) is 2. The predicted molar refractivity (Wildman–Crippen MR) is 119 cm³/mol. The van der Waals surface area contributed by atoms with E-state index in [0.29, 0.717) is 11.4 Å². The van der Waals surface area contributed by atoms with Gasteiger partial charge in [0.25, 0.3) is 20.2 Å². The van der Waals surface area contributed by atoms with Crippen LogP contribution in [0.4, 0.5) is 11.4 Å². The molecule has 0 amide bonds. The van der Waals surface area contributed by atoms with Crippen molar-refractivity contribution >= 4 is 37.4 Å². The number of hydrazone groups is 1. The fraction of sp³-hybridized carbons (Fsp3) is 0.316. The summed E-state index contributed by atoms with van der Waals surface area (Å²) in [4.78, 5) is 0. The molecule has 31 heavy (non-hydrogen) atoms. The van der Waals surface area contributed by atoms with Crippen LogP contribution in [0.1, 0.15) is 19.3 Å². The third kappa shape index (κ3) is 10.8. The Bertz CT molecular complexity index is 1090. The van der Waals surface area contributed by atoms with Crippen LogP contribution in [-0.2, 0) is 20.2 Å². The van der Waals surface area contributed by atoms with Crippen LogP contribution in [0.25, 0.3) is 0 Å². The first-order chi connectivity index (χ1) is 14.6. The summed E-state index contributed by atoms with van der Waals surface area (Å²) in [6, 6.07) is 17.8. The van der Waals surface area contributed by atoms with Crippen LogP contribution < -0.4 is 5.01 Å². The lowest BCUT2D eigenvalue weighted by atomic mass is 10.3. The minimum Gasteiger partial charge on any atom is -0.286 e. The van der Waals surface area contributed by atoms with Gasteiger partial charge in [0.2, 0.25) is 0 Å². The fourth-order valence-electron chi connectivity index (χ4n) is 2.52. The van der Waals surface area contributed by atoms with Crippen LogP contribution >= 0.6 is 0 Å². The summed E-state index contributed by atoms with van der Waals surface area (Å²) in [5, 5.41) is 14.2. The van der Waals surface area contributed by atoms with Gasteiger partial charge in [-0.3, -0.25) is 14.1 Å². The van der Waals surface area contributed by atoms with Gasteiger partial charge in [-0.05, 0) is 37.1 Å².